The Morgan fingerprint density at radius 3 is 2.46 bits per heavy atom. The predicted octanol–water partition coefficient (Wildman–Crippen LogP) is 5.15. The summed E-state index contributed by atoms with van der Waals surface area (Å²) in [5, 5.41) is 14.4. The van der Waals surface area contributed by atoms with E-state index in [0.717, 1.165) is 4.90 Å². The van der Waals surface area contributed by atoms with E-state index in [0.29, 0.717) is 34.7 Å². The quantitative estimate of drug-likeness (QED) is 0.396. The van der Waals surface area contributed by atoms with Crippen LogP contribution < -0.4 is 10.1 Å². The normalized spacial score (nSPS) is 13.1. The number of hydrogen-bond acceptors (Lipinski definition) is 5. The summed E-state index contributed by atoms with van der Waals surface area (Å²) in [4.78, 5) is 13.5. The van der Waals surface area contributed by atoms with Gasteiger partial charge >= 0.3 is 0 Å². The van der Waals surface area contributed by atoms with Gasteiger partial charge in [0.1, 0.15) is 18.0 Å². The molecule has 0 aromatic heterocycles. The van der Waals surface area contributed by atoms with Crippen LogP contribution in [0.4, 0.5) is 5.69 Å². The van der Waals surface area contributed by atoms with Gasteiger partial charge in [0.2, 0.25) is 0 Å². The van der Waals surface area contributed by atoms with Crippen LogP contribution in [0, 0.1) is 0 Å². The van der Waals surface area contributed by atoms with E-state index in [2.05, 4.69) is 5.32 Å². The molecule has 2 rings (SSSR count). The van der Waals surface area contributed by atoms with E-state index < -0.39 is 11.5 Å². The molecule has 1 unspecified atom stereocenters. The van der Waals surface area contributed by atoms with Crippen LogP contribution in [0.25, 0.3) is 0 Å². The summed E-state index contributed by atoms with van der Waals surface area (Å²) < 4.78 is 10.4. The van der Waals surface area contributed by atoms with Crippen molar-refractivity contribution in [3.05, 3.63) is 51.5 Å². The Kier molecular flexibility index (Phi) is 8.74. The van der Waals surface area contributed by atoms with Crippen molar-refractivity contribution in [2.24, 2.45) is 0 Å². The predicted molar refractivity (Wildman–Crippen MR) is 115 cm³/mol. The smallest absolute Gasteiger partial charge is 0.256 e. The number of hydrogen-bond donors (Lipinski definition) is 2. The Hall–Kier alpha value is -1.15. The minimum atomic E-state index is -1.63. The number of nitrogens with one attached hydrogen (secondary N) is 1. The van der Waals surface area contributed by atoms with Gasteiger partial charge in [0.05, 0.1) is 22.3 Å². The Morgan fingerprint density at radius 2 is 1.82 bits per heavy atom. The number of thioether (sulfide) groups is 1. The largest absolute Gasteiger partial charge is 0.490 e. The molecule has 0 saturated heterocycles. The third-order valence-corrected chi connectivity index (χ3v) is 5.81. The van der Waals surface area contributed by atoms with Gasteiger partial charge in [-0.05, 0) is 37.3 Å². The topological polar surface area (TPSA) is 67.8 Å². The van der Waals surface area contributed by atoms with Crippen molar-refractivity contribution in [2.75, 3.05) is 31.4 Å². The molecule has 0 saturated carbocycles. The second kappa shape index (κ2) is 10.6. The second-order valence-electron chi connectivity index (χ2n) is 6.07. The lowest BCUT2D eigenvalue weighted by Crippen LogP contribution is -2.42. The van der Waals surface area contributed by atoms with E-state index in [9.17, 15) is 9.90 Å². The number of benzene rings is 2. The van der Waals surface area contributed by atoms with Crippen LogP contribution in [-0.2, 0) is 9.53 Å². The molecule has 0 fully saturated rings. The molecule has 0 aliphatic carbocycles. The highest BCUT2D eigenvalue weighted by Crippen LogP contribution is 2.35. The van der Waals surface area contributed by atoms with E-state index in [1.807, 2.05) is 12.1 Å². The highest BCUT2D eigenvalue weighted by Gasteiger charge is 2.31. The van der Waals surface area contributed by atoms with Crippen molar-refractivity contribution in [3.8, 4) is 5.75 Å². The third kappa shape index (κ3) is 6.72. The summed E-state index contributed by atoms with van der Waals surface area (Å²) in [5.41, 5.74) is -1.34. The molecule has 0 bridgehead atoms. The molecule has 0 heterocycles. The van der Waals surface area contributed by atoms with Crippen LogP contribution in [-0.4, -0.2) is 42.7 Å². The molecule has 0 spiro atoms. The van der Waals surface area contributed by atoms with Gasteiger partial charge in [0, 0.05) is 28.8 Å². The highest BCUT2D eigenvalue weighted by atomic mass is 35.5. The monoisotopic (exact) mass is 463 g/mol. The van der Waals surface area contributed by atoms with Crippen molar-refractivity contribution in [3.63, 3.8) is 0 Å². The van der Waals surface area contributed by atoms with E-state index in [1.54, 1.807) is 19.2 Å². The molecule has 152 valence electrons. The van der Waals surface area contributed by atoms with Crippen molar-refractivity contribution in [1.29, 1.82) is 0 Å². The molecule has 9 heteroatoms. The van der Waals surface area contributed by atoms with Crippen LogP contribution in [0.3, 0.4) is 0 Å². The Bertz CT molecular complexity index is 816. The third-order valence-electron chi connectivity index (χ3n) is 3.64. The van der Waals surface area contributed by atoms with Gasteiger partial charge in [0.25, 0.3) is 5.91 Å². The van der Waals surface area contributed by atoms with E-state index in [4.69, 9.17) is 44.3 Å². The zero-order valence-corrected chi connectivity index (χ0v) is 18.4. The van der Waals surface area contributed by atoms with Crippen LogP contribution in [0.2, 0.25) is 15.1 Å². The molecule has 1 amide bonds. The minimum absolute atomic E-state index is 0.142. The van der Waals surface area contributed by atoms with E-state index in [-0.39, 0.29) is 10.8 Å². The van der Waals surface area contributed by atoms with Gasteiger partial charge in [0.15, 0.2) is 0 Å². The maximum absolute atomic E-state index is 12.6. The highest BCUT2D eigenvalue weighted by molar-refractivity contribution is 7.99. The molecule has 5 nitrogen and oxygen atoms in total. The summed E-state index contributed by atoms with van der Waals surface area (Å²) in [6.45, 7) is 2.11. The average molecular weight is 465 g/mol. The number of carbonyl (C=O) groups is 1. The maximum Gasteiger partial charge on any atom is 0.256 e. The van der Waals surface area contributed by atoms with Gasteiger partial charge < -0.3 is 19.9 Å². The number of rotatable bonds is 9. The lowest BCUT2D eigenvalue weighted by molar-refractivity contribution is -0.130. The van der Waals surface area contributed by atoms with Gasteiger partial charge in [-0.25, -0.2) is 0 Å². The zero-order chi connectivity index (χ0) is 20.7. The summed E-state index contributed by atoms with van der Waals surface area (Å²) >= 11 is 19.5. The minimum Gasteiger partial charge on any atom is -0.490 e. The summed E-state index contributed by atoms with van der Waals surface area (Å²) in [5.74, 6) is -0.0994. The van der Waals surface area contributed by atoms with Crippen molar-refractivity contribution >= 4 is 58.2 Å². The first kappa shape index (κ1) is 23.1. The number of anilines is 1. The Balaban J connectivity index is 2.05. The molecular formula is C19H20Cl3NO4S. The second-order valence-corrected chi connectivity index (χ2v) is 8.37. The van der Waals surface area contributed by atoms with Gasteiger partial charge in [-0.15, -0.1) is 11.8 Å². The first-order valence-corrected chi connectivity index (χ1v) is 10.4. The number of carbonyl (C=O) groups excluding carboxylic acids is 1. The number of methoxy groups -OCH3 is 1. The number of ether oxygens (including phenoxy) is 2. The first-order valence-electron chi connectivity index (χ1n) is 8.26. The number of amides is 1. The fraction of sp³-hybridized carbons (Fsp3) is 0.316. The molecule has 2 aromatic rings. The SMILES string of the molecule is COCCOc1cc(NC(=O)C(C)(O)CSc2ccc(Cl)cc2)c(Cl)cc1Cl. The molecule has 2 N–H and O–H groups in total. The molecular weight excluding hydrogens is 445 g/mol. The molecule has 1 atom stereocenters. The van der Waals surface area contributed by atoms with Gasteiger partial charge in [-0.1, -0.05) is 34.8 Å². The van der Waals surface area contributed by atoms with Crippen LogP contribution in [0.5, 0.6) is 5.75 Å². The lowest BCUT2D eigenvalue weighted by atomic mass is 10.1. The average Bonchev–Trinajstić information content (AvgIpc) is 2.65. The summed E-state index contributed by atoms with van der Waals surface area (Å²) in [6, 6.07) is 10.1. The van der Waals surface area contributed by atoms with Gasteiger partial charge in [-0.2, -0.15) is 0 Å². The summed E-state index contributed by atoms with van der Waals surface area (Å²) in [7, 11) is 1.56. The Labute approximate surface area is 183 Å². The summed E-state index contributed by atoms with van der Waals surface area (Å²) in [6.07, 6.45) is 0. The number of aliphatic hydroxyl groups is 1. The first-order chi connectivity index (χ1) is 13.2. The van der Waals surface area contributed by atoms with Crippen LogP contribution in [0.1, 0.15) is 6.92 Å². The van der Waals surface area contributed by atoms with Crippen molar-refractivity contribution in [1.82, 2.24) is 0 Å². The Morgan fingerprint density at radius 1 is 1.14 bits per heavy atom. The number of halogens is 3. The van der Waals surface area contributed by atoms with Crippen molar-refractivity contribution in [2.45, 2.75) is 17.4 Å². The molecule has 0 radical (unpaired) electrons. The molecule has 0 aliphatic heterocycles. The van der Waals surface area contributed by atoms with Crippen molar-refractivity contribution < 1.29 is 19.4 Å². The molecule has 0 aliphatic rings. The van der Waals surface area contributed by atoms with Crippen LogP contribution >= 0.6 is 46.6 Å². The van der Waals surface area contributed by atoms with Gasteiger partial charge in [-0.3, -0.25) is 4.79 Å². The standard InChI is InChI=1S/C19H20Cl3NO4S/c1-19(25,11-28-13-5-3-12(20)4-6-13)18(24)23-16-10-17(27-8-7-26-2)15(22)9-14(16)21/h3-6,9-10,25H,7-8,11H2,1-2H3,(H,23,24). The fourth-order valence-corrected chi connectivity index (χ4v) is 3.57. The van der Waals surface area contributed by atoms with E-state index >= 15 is 0 Å². The zero-order valence-electron chi connectivity index (χ0n) is 15.3. The fourth-order valence-electron chi connectivity index (χ4n) is 2.05. The van der Waals surface area contributed by atoms with Crippen LogP contribution in [0.15, 0.2) is 41.3 Å². The molecule has 2 aromatic carbocycles. The van der Waals surface area contributed by atoms with E-state index in [1.165, 1.54) is 30.8 Å². The molecule has 28 heavy (non-hydrogen) atoms. The maximum atomic E-state index is 12.6. The lowest BCUT2D eigenvalue weighted by Gasteiger charge is -2.22.